The lowest BCUT2D eigenvalue weighted by atomic mass is 10.3. The molecule has 2 amide bonds. The van der Waals surface area contributed by atoms with Crippen molar-refractivity contribution in [3.8, 4) is 0 Å². The molecule has 0 saturated carbocycles. The third kappa shape index (κ3) is 4.58. The van der Waals surface area contributed by atoms with Gasteiger partial charge in [0.15, 0.2) is 0 Å². The number of likely N-dealkylation sites (N-methyl/N-ethyl adjacent to an activating group) is 1. The minimum Gasteiger partial charge on any atom is -0.395 e. The standard InChI is InChI=1S/C11H16ClN3O2/c1-2-15(5-6-16)11(17)14-8-10-4-3-9(12)7-13-10/h3-4,7,16H,2,5-6,8H2,1H3,(H,14,17). The lowest BCUT2D eigenvalue weighted by Gasteiger charge is -2.19. The number of nitrogens with one attached hydrogen (secondary N) is 1. The fourth-order valence-corrected chi connectivity index (χ4v) is 1.42. The summed E-state index contributed by atoms with van der Waals surface area (Å²) >= 11 is 5.70. The molecule has 0 spiro atoms. The van der Waals surface area contributed by atoms with Crippen molar-refractivity contribution in [3.63, 3.8) is 0 Å². The Bertz CT molecular complexity index is 356. The van der Waals surface area contributed by atoms with Crippen LogP contribution < -0.4 is 5.32 Å². The van der Waals surface area contributed by atoms with Gasteiger partial charge in [-0.05, 0) is 19.1 Å². The predicted molar refractivity (Wildman–Crippen MR) is 65.8 cm³/mol. The summed E-state index contributed by atoms with van der Waals surface area (Å²) in [6.45, 7) is 3.05. The average molecular weight is 258 g/mol. The summed E-state index contributed by atoms with van der Waals surface area (Å²) in [5, 5.41) is 12.1. The number of hydrogen-bond donors (Lipinski definition) is 2. The van der Waals surface area contributed by atoms with Crippen LogP contribution >= 0.6 is 11.6 Å². The van der Waals surface area contributed by atoms with Crippen LogP contribution in [-0.4, -0.2) is 40.7 Å². The van der Waals surface area contributed by atoms with Crippen molar-refractivity contribution in [1.82, 2.24) is 15.2 Å². The van der Waals surface area contributed by atoms with Gasteiger partial charge in [-0.15, -0.1) is 0 Å². The van der Waals surface area contributed by atoms with Crippen LogP contribution in [0.5, 0.6) is 0 Å². The molecule has 0 radical (unpaired) electrons. The Morgan fingerprint density at radius 2 is 2.35 bits per heavy atom. The summed E-state index contributed by atoms with van der Waals surface area (Å²) in [7, 11) is 0. The second-order valence-electron chi connectivity index (χ2n) is 3.43. The third-order valence-electron chi connectivity index (χ3n) is 2.25. The van der Waals surface area contributed by atoms with Gasteiger partial charge in [-0.3, -0.25) is 4.98 Å². The number of carbonyl (C=O) groups is 1. The number of nitrogens with zero attached hydrogens (tertiary/aromatic N) is 2. The van der Waals surface area contributed by atoms with E-state index in [1.165, 1.54) is 11.1 Å². The molecule has 1 rings (SSSR count). The molecular formula is C11H16ClN3O2. The van der Waals surface area contributed by atoms with Gasteiger partial charge in [0.25, 0.3) is 0 Å². The SMILES string of the molecule is CCN(CCO)C(=O)NCc1ccc(Cl)cn1. The predicted octanol–water partition coefficient (Wildman–Crippen LogP) is 1.26. The van der Waals surface area contributed by atoms with E-state index in [1.54, 1.807) is 12.1 Å². The maximum Gasteiger partial charge on any atom is 0.317 e. The molecule has 0 saturated heterocycles. The van der Waals surface area contributed by atoms with Gasteiger partial charge in [0, 0.05) is 19.3 Å². The molecule has 17 heavy (non-hydrogen) atoms. The van der Waals surface area contributed by atoms with Gasteiger partial charge >= 0.3 is 6.03 Å². The van der Waals surface area contributed by atoms with E-state index in [9.17, 15) is 4.79 Å². The van der Waals surface area contributed by atoms with E-state index >= 15 is 0 Å². The monoisotopic (exact) mass is 257 g/mol. The van der Waals surface area contributed by atoms with Crippen molar-refractivity contribution in [2.45, 2.75) is 13.5 Å². The smallest absolute Gasteiger partial charge is 0.317 e. The van der Waals surface area contributed by atoms with E-state index in [-0.39, 0.29) is 12.6 Å². The van der Waals surface area contributed by atoms with E-state index in [1.807, 2.05) is 6.92 Å². The lowest BCUT2D eigenvalue weighted by molar-refractivity contribution is 0.180. The Hall–Kier alpha value is -1.33. The number of halogens is 1. The molecule has 5 nitrogen and oxygen atoms in total. The molecule has 2 N–H and O–H groups in total. The number of rotatable bonds is 5. The Balaban J connectivity index is 2.44. The van der Waals surface area contributed by atoms with Crippen LogP contribution in [0.15, 0.2) is 18.3 Å². The first-order valence-electron chi connectivity index (χ1n) is 5.41. The van der Waals surface area contributed by atoms with E-state index in [0.717, 1.165) is 5.69 Å². The number of carbonyl (C=O) groups excluding carboxylic acids is 1. The summed E-state index contributed by atoms with van der Waals surface area (Å²) in [6, 6.07) is 3.27. The summed E-state index contributed by atoms with van der Waals surface area (Å²) in [5.41, 5.74) is 0.739. The van der Waals surface area contributed by atoms with Crippen LogP contribution in [0.25, 0.3) is 0 Å². The summed E-state index contributed by atoms with van der Waals surface area (Å²) in [4.78, 5) is 17.2. The molecule has 6 heteroatoms. The van der Waals surface area contributed by atoms with Gasteiger partial charge in [-0.1, -0.05) is 11.6 Å². The minimum atomic E-state index is -0.210. The minimum absolute atomic E-state index is 0.0412. The van der Waals surface area contributed by atoms with Crippen LogP contribution in [0.3, 0.4) is 0 Å². The van der Waals surface area contributed by atoms with Crippen molar-refractivity contribution in [3.05, 3.63) is 29.0 Å². The van der Waals surface area contributed by atoms with E-state index in [2.05, 4.69) is 10.3 Å². The molecule has 0 aliphatic heterocycles. The fraction of sp³-hybridized carbons (Fsp3) is 0.455. The highest BCUT2D eigenvalue weighted by atomic mass is 35.5. The van der Waals surface area contributed by atoms with Gasteiger partial charge in [0.1, 0.15) is 0 Å². The number of urea groups is 1. The van der Waals surface area contributed by atoms with Crippen molar-refractivity contribution in [2.75, 3.05) is 19.7 Å². The Kier molecular flexibility index (Phi) is 5.72. The Labute approximate surface area is 105 Å². The van der Waals surface area contributed by atoms with Crippen LogP contribution in [0, 0.1) is 0 Å². The molecule has 1 heterocycles. The molecule has 1 aromatic rings. The molecule has 0 aliphatic rings. The summed E-state index contributed by atoms with van der Waals surface area (Å²) in [6.07, 6.45) is 1.54. The van der Waals surface area contributed by atoms with Crippen LogP contribution in [-0.2, 0) is 6.54 Å². The largest absolute Gasteiger partial charge is 0.395 e. The number of aliphatic hydroxyl groups is 1. The highest BCUT2D eigenvalue weighted by Crippen LogP contribution is 2.05. The van der Waals surface area contributed by atoms with Crippen molar-refractivity contribution in [2.24, 2.45) is 0 Å². The first-order valence-corrected chi connectivity index (χ1v) is 5.79. The van der Waals surface area contributed by atoms with Crippen molar-refractivity contribution < 1.29 is 9.90 Å². The molecular weight excluding hydrogens is 242 g/mol. The second kappa shape index (κ2) is 7.09. The summed E-state index contributed by atoms with van der Waals surface area (Å²) in [5.74, 6) is 0. The van der Waals surface area contributed by atoms with Gasteiger partial charge < -0.3 is 15.3 Å². The van der Waals surface area contributed by atoms with Gasteiger partial charge in [0.05, 0.1) is 23.9 Å². The number of amides is 2. The molecule has 94 valence electrons. The molecule has 0 unspecified atom stereocenters. The average Bonchev–Trinajstić information content (AvgIpc) is 2.35. The van der Waals surface area contributed by atoms with E-state index < -0.39 is 0 Å². The first-order chi connectivity index (χ1) is 8.17. The lowest BCUT2D eigenvalue weighted by Crippen LogP contribution is -2.41. The number of hydrogen-bond acceptors (Lipinski definition) is 3. The topological polar surface area (TPSA) is 65.5 Å². The highest BCUT2D eigenvalue weighted by molar-refractivity contribution is 6.30. The molecule has 0 bridgehead atoms. The molecule has 0 atom stereocenters. The maximum atomic E-state index is 11.7. The van der Waals surface area contributed by atoms with Crippen molar-refractivity contribution in [1.29, 1.82) is 0 Å². The van der Waals surface area contributed by atoms with Crippen LogP contribution in [0.2, 0.25) is 5.02 Å². The zero-order valence-electron chi connectivity index (χ0n) is 9.69. The number of aromatic nitrogens is 1. The Morgan fingerprint density at radius 3 is 2.88 bits per heavy atom. The third-order valence-corrected chi connectivity index (χ3v) is 2.47. The van der Waals surface area contributed by atoms with E-state index in [4.69, 9.17) is 16.7 Å². The van der Waals surface area contributed by atoms with Gasteiger partial charge in [-0.25, -0.2) is 4.79 Å². The fourth-order valence-electron chi connectivity index (χ4n) is 1.31. The zero-order chi connectivity index (χ0) is 12.7. The van der Waals surface area contributed by atoms with Gasteiger partial charge in [-0.2, -0.15) is 0 Å². The number of pyridine rings is 1. The van der Waals surface area contributed by atoms with E-state index in [0.29, 0.717) is 24.7 Å². The Morgan fingerprint density at radius 1 is 1.59 bits per heavy atom. The molecule has 1 aromatic heterocycles. The second-order valence-corrected chi connectivity index (χ2v) is 3.87. The van der Waals surface area contributed by atoms with Crippen molar-refractivity contribution >= 4 is 17.6 Å². The van der Waals surface area contributed by atoms with Gasteiger partial charge in [0.2, 0.25) is 0 Å². The zero-order valence-corrected chi connectivity index (χ0v) is 10.4. The molecule has 0 fully saturated rings. The number of aliphatic hydroxyl groups excluding tert-OH is 1. The molecule has 0 aromatic carbocycles. The summed E-state index contributed by atoms with van der Waals surface area (Å²) < 4.78 is 0. The highest BCUT2D eigenvalue weighted by Gasteiger charge is 2.09. The maximum absolute atomic E-state index is 11.7. The first kappa shape index (κ1) is 13.7. The van der Waals surface area contributed by atoms with Crippen LogP contribution in [0.1, 0.15) is 12.6 Å². The van der Waals surface area contributed by atoms with Crippen LogP contribution in [0.4, 0.5) is 4.79 Å². The normalized spacial score (nSPS) is 10.1. The molecule has 0 aliphatic carbocycles. The quantitative estimate of drug-likeness (QED) is 0.835.